The molecule has 0 saturated carbocycles. The van der Waals surface area contributed by atoms with Crippen LogP contribution >= 0.6 is 23.2 Å². The quantitative estimate of drug-likeness (QED) is 0.474. The topological polar surface area (TPSA) is 29.1 Å². The number of unbranched alkanes of at least 4 members (excludes halogenated alkanes) is 4. The van der Waals surface area contributed by atoms with Crippen LogP contribution < -0.4 is 5.32 Å². The van der Waals surface area contributed by atoms with Crippen molar-refractivity contribution in [1.82, 2.24) is 5.32 Å². The monoisotopic (exact) mass is 281 g/mol. The first-order chi connectivity index (χ1) is 8.14. The van der Waals surface area contributed by atoms with Crippen LogP contribution in [0, 0.1) is 0 Å². The molecule has 0 aliphatic heterocycles. The molecule has 0 unspecified atom stereocenters. The lowest BCUT2D eigenvalue weighted by molar-refractivity contribution is -0.122. The Balaban J connectivity index is 3.83. The van der Waals surface area contributed by atoms with Crippen LogP contribution in [0.1, 0.15) is 58.8 Å². The van der Waals surface area contributed by atoms with E-state index in [4.69, 9.17) is 23.2 Å². The highest BCUT2D eigenvalue weighted by Crippen LogP contribution is 2.15. The molecule has 1 N–H and O–H groups in total. The zero-order chi connectivity index (χ0) is 13.1. The van der Waals surface area contributed by atoms with Gasteiger partial charge in [0.25, 0.3) is 0 Å². The number of alkyl halides is 2. The standard InChI is InChI=1S/C13H25Cl2NO/c1-3-5-6-7-8-9-12(17)16-13(4-2,10-14)11-15/h3-11H2,1-2H3,(H,16,17). The fourth-order valence-electron chi connectivity index (χ4n) is 1.63. The first kappa shape index (κ1) is 17.1. The molecule has 0 fully saturated rings. The van der Waals surface area contributed by atoms with Gasteiger partial charge in [0.05, 0.1) is 5.54 Å². The molecule has 0 atom stereocenters. The second-order valence-corrected chi connectivity index (χ2v) is 5.15. The Kier molecular flexibility index (Phi) is 10.0. The third-order valence-corrected chi connectivity index (χ3v) is 4.12. The number of amides is 1. The van der Waals surface area contributed by atoms with Crippen molar-refractivity contribution in [3.8, 4) is 0 Å². The van der Waals surface area contributed by atoms with Crippen molar-refractivity contribution in [2.75, 3.05) is 11.8 Å². The van der Waals surface area contributed by atoms with Gasteiger partial charge in [-0.1, -0.05) is 39.5 Å². The van der Waals surface area contributed by atoms with E-state index in [2.05, 4.69) is 12.2 Å². The predicted octanol–water partition coefficient (Wildman–Crippen LogP) is 4.09. The van der Waals surface area contributed by atoms with Gasteiger partial charge in [0.15, 0.2) is 0 Å². The second kappa shape index (κ2) is 10.0. The van der Waals surface area contributed by atoms with Gasteiger partial charge in [-0.3, -0.25) is 4.79 Å². The molecule has 17 heavy (non-hydrogen) atoms. The van der Waals surface area contributed by atoms with E-state index in [-0.39, 0.29) is 5.91 Å². The van der Waals surface area contributed by atoms with Gasteiger partial charge in [0.1, 0.15) is 0 Å². The molecule has 0 heterocycles. The van der Waals surface area contributed by atoms with E-state index < -0.39 is 5.54 Å². The van der Waals surface area contributed by atoms with Gasteiger partial charge in [-0.2, -0.15) is 0 Å². The van der Waals surface area contributed by atoms with E-state index in [0.717, 1.165) is 19.3 Å². The van der Waals surface area contributed by atoms with Gasteiger partial charge < -0.3 is 5.32 Å². The third-order valence-electron chi connectivity index (χ3n) is 3.10. The van der Waals surface area contributed by atoms with Gasteiger partial charge in [-0.25, -0.2) is 0 Å². The minimum absolute atomic E-state index is 0.0737. The summed E-state index contributed by atoms with van der Waals surface area (Å²) >= 11 is 11.7. The van der Waals surface area contributed by atoms with Crippen molar-refractivity contribution < 1.29 is 4.79 Å². The summed E-state index contributed by atoms with van der Waals surface area (Å²) < 4.78 is 0. The molecule has 2 nitrogen and oxygen atoms in total. The molecular formula is C13H25Cl2NO. The molecule has 0 rings (SSSR count). The minimum atomic E-state index is -0.427. The molecule has 0 aromatic rings. The van der Waals surface area contributed by atoms with E-state index in [1.165, 1.54) is 19.3 Å². The number of nitrogens with one attached hydrogen (secondary N) is 1. The predicted molar refractivity (Wildman–Crippen MR) is 76.0 cm³/mol. The van der Waals surface area contributed by atoms with Crippen molar-refractivity contribution in [2.24, 2.45) is 0 Å². The summed E-state index contributed by atoms with van der Waals surface area (Å²) in [5, 5.41) is 2.97. The van der Waals surface area contributed by atoms with Crippen molar-refractivity contribution in [2.45, 2.75) is 64.3 Å². The molecular weight excluding hydrogens is 257 g/mol. The van der Waals surface area contributed by atoms with Crippen LogP contribution in [0.2, 0.25) is 0 Å². The van der Waals surface area contributed by atoms with Crippen molar-refractivity contribution in [3.63, 3.8) is 0 Å². The SMILES string of the molecule is CCCCCCCC(=O)NC(CC)(CCl)CCl. The fourth-order valence-corrected chi connectivity index (χ4v) is 2.42. The van der Waals surface area contributed by atoms with Gasteiger partial charge >= 0.3 is 0 Å². The number of carbonyl (C=O) groups is 1. The van der Waals surface area contributed by atoms with E-state index in [1.54, 1.807) is 0 Å². The molecule has 0 radical (unpaired) electrons. The van der Waals surface area contributed by atoms with Crippen molar-refractivity contribution in [3.05, 3.63) is 0 Å². The van der Waals surface area contributed by atoms with E-state index in [1.807, 2.05) is 6.92 Å². The lowest BCUT2D eigenvalue weighted by atomic mass is 10.0. The van der Waals surface area contributed by atoms with Crippen LogP contribution in [-0.2, 0) is 4.79 Å². The summed E-state index contributed by atoms with van der Waals surface area (Å²) in [6.07, 6.45) is 7.13. The zero-order valence-corrected chi connectivity index (χ0v) is 12.5. The highest BCUT2D eigenvalue weighted by atomic mass is 35.5. The van der Waals surface area contributed by atoms with E-state index in [9.17, 15) is 4.79 Å². The Morgan fingerprint density at radius 2 is 1.65 bits per heavy atom. The summed E-state index contributed by atoms with van der Waals surface area (Å²) in [6.45, 7) is 4.18. The Hall–Kier alpha value is 0.0500. The highest BCUT2D eigenvalue weighted by molar-refractivity contribution is 6.22. The van der Waals surface area contributed by atoms with Crippen LogP contribution in [0.5, 0.6) is 0 Å². The largest absolute Gasteiger partial charge is 0.348 e. The number of hydrogen-bond acceptors (Lipinski definition) is 1. The summed E-state index contributed by atoms with van der Waals surface area (Å²) in [5.74, 6) is 0.813. The van der Waals surface area contributed by atoms with E-state index >= 15 is 0 Å². The molecule has 0 aromatic heterocycles. The lowest BCUT2D eigenvalue weighted by Gasteiger charge is -2.29. The molecule has 0 aromatic carbocycles. The van der Waals surface area contributed by atoms with Gasteiger partial charge in [0, 0.05) is 18.2 Å². The summed E-state index contributed by atoms with van der Waals surface area (Å²) in [5.41, 5.74) is -0.427. The molecule has 0 spiro atoms. The van der Waals surface area contributed by atoms with Gasteiger partial charge in [0.2, 0.25) is 5.91 Å². The average Bonchev–Trinajstić information content (AvgIpc) is 2.36. The summed E-state index contributed by atoms with van der Waals surface area (Å²) in [6, 6.07) is 0. The Labute approximate surface area is 115 Å². The maximum absolute atomic E-state index is 11.7. The minimum Gasteiger partial charge on any atom is -0.348 e. The fraction of sp³-hybridized carbons (Fsp3) is 0.923. The number of hydrogen-bond donors (Lipinski definition) is 1. The Bertz CT molecular complexity index is 197. The van der Waals surface area contributed by atoms with Gasteiger partial charge in [-0.05, 0) is 12.8 Å². The van der Waals surface area contributed by atoms with Crippen LogP contribution in [0.3, 0.4) is 0 Å². The van der Waals surface area contributed by atoms with Crippen LogP contribution in [-0.4, -0.2) is 23.2 Å². The van der Waals surface area contributed by atoms with Gasteiger partial charge in [-0.15, -0.1) is 23.2 Å². The van der Waals surface area contributed by atoms with Crippen molar-refractivity contribution in [1.29, 1.82) is 0 Å². The molecule has 102 valence electrons. The van der Waals surface area contributed by atoms with E-state index in [0.29, 0.717) is 18.2 Å². The summed E-state index contributed by atoms with van der Waals surface area (Å²) in [7, 11) is 0. The van der Waals surface area contributed by atoms with Crippen LogP contribution in [0.4, 0.5) is 0 Å². The number of carbonyl (C=O) groups excluding carboxylic acids is 1. The zero-order valence-electron chi connectivity index (χ0n) is 11.0. The molecule has 0 aliphatic carbocycles. The smallest absolute Gasteiger partial charge is 0.220 e. The molecule has 0 aliphatic rings. The highest BCUT2D eigenvalue weighted by Gasteiger charge is 2.27. The average molecular weight is 282 g/mol. The number of halogens is 2. The molecule has 1 amide bonds. The molecule has 4 heteroatoms. The maximum Gasteiger partial charge on any atom is 0.220 e. The Morgan fingerprint density at radius 3 is 2.12 bits per heavy atom. The van der Waals surface area contributed by atoms with Crippen LogP contribution in [0.25, 0.3) is 0 Å². The second-order valence-electron chi connectivity index (χ2n) is 4.61. The lowest BCUT2D eigenvalue weighted by Crippen LogP contribution is -2.51. The normalized spacial score (nSPS) is 11.5. The first-order valence-electron chi connectivity index (χ1n) is 6.57. The molecule has 0 bridgehead atoms. The third kappa shape index (κ3) is 7.15. The van der Waals surface area contributed by atoms with Crippen molar-refractivity contribution >= 4 is 29.1 Å². The van der Waals surface area contributed by atoms with Crippen LogP contribution in [0.15, 0.2) is 0 Å². The Morgan fingerprint density at radius 1 is 1.06 bits per heavy atom. The number of rotatable bonds is 10. The maximum atomic E-state index is 11.7. The summed E-state index contributed by atoms with van der Waals surface area (Å²) in [4.78, 5) is 11.7. The molecule has 0 saturated heterocycles. The first-order valence-corrected chi connectivity index (χ1v) is 7.64.